The molecule has 1 heterocycles. The maximum Gasteiger partial charge on any atom is 0.497 e. The maximum absolute atomic E-state index is 11.8. The van der Waals surface area contributed by atoms with Gasteiger partial charge in [-0.1, -0.05) is 12.2 Å². The SMILES string of the molecule is Cc1c2c([n+](C)c(=O)n1C)CCC=C2. The minimum Gasteiger partial charge on any atom is -0.197 e. The number of rotatable bonds is 0. The van der Waals surface area contributed by atoms with E-state index in [1.54, 1.807) is 9.13 Å². The molecule has 0 aromatic carbocycles. The van der Waals surface area contributed by atoms with Gasteiger partial charge in [-0.25, -0.2) is 0 Å². The minimum absolute atomic E-state index is 0.0663. The zero-order chi connectivity index (χ0) is 10.3. The summed E-state index contributed by atoms with van der Waals surface area (Å²) in [5.74, 6) is 0. The van der Waals surface area contributed by atoms with Crippen molar-refractivity contribution in [2.45, 2.75) is 19.8 Å². The van der Waals surface area contributed by atoms with Crippen molar-refractivity contribution < 1.29 is 4.57 Å². The molecule has 0 saturated heterocycles. The van der Waals surface area contributed by atoms with Gasteiger partial charge in [0.1, 0.15) is 11.4 Å². The molecule has 14 heavy (non-hydrogen) atoms. The van der Waals surface area contributed by atoms with E-state index < -0.39 is 0 Å². The van der Waals surface area contributed by atoms with Crippen molar-refractivity contribution in [1.29, 1.82) is 0 Å². The highest BCUT2D eigenvalue weighted by molar-refractivity contribution is 5.55. The first-order valence-corrected chi connectivity index (χ1v) is 4.88. The lowest BCUT2D eigenvalue weighted by Gasteiger charge is -2.12. The summed E-state index contributed by atoms with van der Waals surface area (Å²) < 4.78 is 3.46. The van der Waals surface area contributed by atoms with Gasteiger partial charge in [0, 0.05) is 6.42 Å². The quantitative estimate of drug-likeness (QED) is 0.548. The van der Waals surface area contributed by atoms with E-state index in [1.807, 2.05) is 21.0 Å². The van der Waals surface area contributed by atoms with Gasteiger partial charge < -0.3 is 0 Å². The lowest BCUT2D eigenvalue weighted by Crippen LogP contribution is -2.55. The summed E-state index contributed by atoms with van der Waals surface area (Å²) >= 11 is 0. The first-order valence-electron chi connectivity index (χ1n) is 4.88. The molecule has 0 bridgehead atoms. The van der Waals surface area contributed by atoms with Gasteiger partial charge in [0.2, 0.25) is 0 Å². The number of fused-ring (bicyclic) bond motifs is 1. The Hall–Kier alpha value is -1.38. The number of hydrogen-bond donors (Lipinski definition) is 0. The molecule has 1 aromatic heterocycles. The molecule has 2 rings (SSSR count). The van der Waals surface area contributed by atoms with Gasteiger partial charge in [-0.15, -0.1) is 0 Å². The molecule has 3 nitrogen and oxygen atoms in total. The molecule has 0 N–H and O–H groups in total. The average Bonchev–Trinajstić information content (AvgIpc) is 2.23. The van der Waals surface area contributed by atoms with Gasteiger partial charge in [0.25, 0.3) is 0 Å². The van der Waals surface area contributed by atoms with Crippen LogP contribution in [0.1, 0.15) is 23.4 Å². The van der Waals surface area contributed by atoms with Crippen LogP contribution in [0.4, 0.5) is 0 Å². The van der Waals surface area contributed by atoms with E-state index in [0.29, 0.717) is 0 Å². The van der Waals surface area contributed by atoms with Crippen molar-refractivity contribution in [3.63, 3.8) is 0 Å². The van der Waals surface area contributed by atoms with Crippen LogP contribution in [0.2, 0.25) is 0 Å². The molecule has 0 radical (unpaired) electrons. The van der Waals surface area contributed by atoms with E-state index in [2.05, 4.69) is 12.2 Å². The highest BCUT2D eigenvalue weighted by Crippen LogP contribution is 2.17. The molecule has 1 aliphatic rings. The van der Waals surface area contributed by atoms with E-state index in [-0.39, 0.29) is 5.69 Å². The van der Waals surface area contributed by atoms with E-state index in [9.17, 15) is 4.79 Å². The van der Waals surface area contributed by atoms with E-state index in [4.69, 9.17) is 0 Å². The largest absolute Gasteiger partial charge is 0.497 e. The summed E-state index contributed by atoms with van der Waals surface area (Å²) in [6.07, 6.45) is 6.29. The predicted octanol–water partition coefficient (Wildman–Crippen LogP) is 0.478. The molecule has 0 fully saturated rings. The molecule has 74 valence electrons. The topological polar surface area (TPSA) is 25.9 Å². The molecule has 0 atom stereocenters. The number of nitrogens with zero attached hydrogens (tertiary/aromatic N) is 2. The Kier molecular flexibility index (Phi) is 2.02. The lowest BCUT2D eigenvalue weighted by atomic mass is 10.0. The second kappa shape index (κ2) is 3.08. The molecule has 0 saturated carbocycles. The van der Waals surface area contributed by atoms with Gasteiger partial charge in [-0.05, 0) is 13.3 Å². The van der Waals surface area contributed by atoms with Gasteiger partial charge in [0.15, 0.2) is 0 Å². The molecule has 0 amide bonds. The summed E-state index contributed by atoms with van der Waals surface area (Å²) in [5, 5.41) is 0. The van der Waals surface area contributed by atoms with Crippen LogP contribution in [0.15, 0.2) is 10.9 Å². The zero-order valence-electron chi connectivity index (χ0n) is 8.87. The molecule has 0 aliphatic heterocycles. The summed E-state index contributed by atoms with van der Waals surface area (Å²) in [6.45, 7) is 2.00. The summed E-state index contributed by atoms with van der Waals surface area (Å²) in [5.41, 5.74) is 3.49. The standard InChI is InChI=1S/C11H15N2O/c1-8-9-6-4-5-7-10(9)13(3)11(14)12(8)2/h4,6H,5,7H2,1-3H3/q+1. The predicted molar refractivity (Wildman–Crippen MR) is 55.0 cm³/mol. The van der Waals surface area contributed by atoms with Crippen molar-refractivity contribution in [3.05, 3.63) is 33.5 Å². The fourth-order valence-corrected chi connectivity index (χ4v) is 1.99. The Morgan fingerprint density at radius 2 is 2.21 bits per heavy atom. The molecule has 3 heteroatoms. The third-order valence-electron chi connectivity index (χ3n) is 3.01. The first-order chi connectivity index (χ1) is 6.63. The van der Waals surface area contributed by atoms with Crippen LogP contribution in [0.25, 0.3) is 6.08 Å². The second-order valence-electron chi connectivity index (χ2n) is 3.79. The van der Waals surface area contributed by atoms with Crippen LogP contribution in [0.3, 0.4) is 0 Å². The normalized spacial score (nSPS) is 14.2. The van der Waals surface area contributed by atoms with Gasteiger partial charge in [0.05, 0.1) is 19.7 Å². The van der Waals surface area contributed by atoms with Crippen molar-refractivity contribution >= 4 is 6.08 Å². The Balaban J connectivity index is 2.86. The molecule has 1 aliphatic carbocycles. The minimum atomic E-state index is 0.0663. The van der Waals surface area contributed by atoms with Crippen LogP contribution in [-0.4, -0.2) is 4.57 Å². The van der Waals surface area contributed by atoms with Crippen LogP contribution in [0.5, 0.6) is 0 Å². The van der Waals surface area contributed by atoms with Crippen molar-refractivity contribution in [2.24, 2.45) is 14.1 Å². The van der Waals surface area contributed by atoms with Crippen molar-refractivity contribution in [2.75, 3.05) is 0 Å². The molecule has 0 spiro atoms. The highest BCUT2D eigenvalue weighted by Gasteiger charge is 2.20. The molecule has 0 unspecified atom stereocenters. The van der Waals surface area contributed by atoms with Crippen LogP contribution in [0, 0.1) is 6.92 Å². The van der Waals surface area contributed by atoms with E-state index in [1.165, 1.54) is 5.56 Å². The Morgan fingerprint density at radius 3 is 2.93 bits per heavy atom. The Labute approximate surface area is 83.3 Å². The number of allylic oxidation sites excluding steroid dienone is 1. The number of aromatic nitrogens is 2. The van der Waals surface area contributed by atoms with Gasteiger partial charge in [-0.3, -0.25) is 0 Å². The zero-order valence-corrected chi connectivity index (χ0v) is 8.87. The number of hydrogen-bond acceptors (Lipinski definition) is 1. The molecule has 1 aromatic rings. The Bertz CT molecular complexity index is 469. The van der Waals surface area contributed by atoms with Crippen LogP contribution >= 0.6 is 0 Å². The third-order valence-corrected chi connectivity index (χ3v) is 3.01. The average molecular weight is 191 g/mol. The Morgan fingerprint density at radius 1 is 1.50 bits per heavy atom. The maximum atomic E-state index is 11.8. The summed E-state index contributed by atoms with van der Waals surface area (Å²) in [7, 11) is 3.67. The molecular formula is C11H15N2O+. The van der Waals surface area contributed by atoms with Crippen LogP contribution < -0.4 is 10.3 Å². The summed E-state index contributed by atoms with van der Waals surface area (Å²) in [6, 6.07) is 0. The fraction of sp³-hybridized carbons (Fsp3) is 0.455. The van der Waals surface area contributed by atoms with Crippen molar-refractivity contribution in [3.8, 4) is 0 Å². The smallest absolute Gasteiger partial charge is 0.197 e. The van der Waals surface area contributed by atoms with Gasteiger partial charge >= 0.3 is 5.69 Å². The van der Waals surface area contributed by atoms with E-state index in [0.717, 1.165) is 24.2 Å². The second-order valence-corrected chi connectivity index (χ2v) is 3.79. The monoisotopic (exact) mass is 191 g/mol. The van der Waals surface area contributed by atoms with E-state index >= 15 is 0 Å². The first kappa shape index (κ1) is 9.19. The molecular weight excluding hydrogens is 176 g/mol. The summed E-state index contributed by atoms with van der Waals surface area (Å²) in [4.78, 5) is 11.8. The third kappa shape index (κ3) is 1.12. The van der Waals surface area contributed by atoms with Gasteiger partial charge in [-0.2, -0.15) is 13.9 Å². The fourth-order valence-electron chi connectivity index (χ4n) is 1.99. The highest BCUT2D eigenvalue weighted by atomic mass is 16.1. The lowest BCUT2D eigenvalue weighted by molar-refractivity contribution is -0.698. The van der Waals surface area contributed by atoms with Crippen molar-refractivity contribution in [1.82, 2.24) is 4.57 Å². The van der Waals surface area contributed by atoms with Crippen LogP contribution in [-0.2, 0) is 20.5 Å².